The van der Waals surface area contributed by atoms with E-state index < -0.39 is 0 Å². The number of morpholine rings is 1. The Morgan fingerprint density at radius 2 is 2.07 bits per heavy atom. The van der Waals surface area contributed by atoms with Gasteiger partial charge in [-0.05, 0) is 19.4 Å². The molecule has 1 aliphatic rings. The number of benzene rings is 1. The number of hydrogen-bond acceptors (Lipinski definition) is 5. The van der Waals surface area contributed by atoms with Crippen molar-refractivity contribution in [3.05, 3.63) is 51.5 Å². The Morgan fingerprint density at radius 1 is 1.28 bits per heavy atom. The summed E-state index contributed by atoms with van der Waals surface area (Å²) in [6.45, 7) is 9.30. The van der Waals surface area contributed by atoms with E-state index in [2.05, 4.69) is 62.1 Å². The van der Waals surface area contributed by atoms with Crippen LogP contribution in [0.2, 0.25) is 0 Å². The first-order valence-corrected chi connectivity index (χ1v) is 10.8. The highest BCUT2D eigenvalue weighted by molar-refractivity contribution is 14.0. The highest BCUT2D eigenvalue weighted by Crippen LogP contribution is 2.22. The molecule has 3 rings (SSSR count). The molecule has 0 saturated carbocycles. The predicted octanol–water partition coefficient (Wildman–Crippen LogP) is 3.16. The summed E-state index contributed by atoms with van der Waals surface area (Å²) in [5.41, 5.74) is 3.76. The molecule has 1 fully saturated rings. The van der Waals surface area contributed by atoms with E-state index in [4.69, 9.17) is 4.74 Å². The van der Waals surface area contributed by atoms with Gasteiger partial charge in [0.05, 0.1) is 30.0 Å². The van der Waals surface area contributed by atoms with Crippen molar-refractivity contribution in [1.29, 1.82) is 0 Å². The molecular weight excluding hydrogens is 497 g/mol. The standard InChI is InChI=1S/C21H31N5OS.HI/c1-16-5-4-6-18(13-16)20(26-9-11-27-12-10-26)14-24-21(22-3)23-8-7-19-15-28-17(2)25-19;/h4-6,13,15,20H,7-12,14H2,1-3H3,(H2,22,23,24);1H. The van der Waals surface area contributed by atoms with E-state index in [9.17, 15) is 0 Å². The highest BCUT2D eigenvalue weighted by atomic mass is 127. The van der Waals surface area contributed by atoms with Crippen LogP contribution in [0.5, 0.6) is 0 Å². The van der Waals surface area contributed by atoms with Crippen molar-refractivity contribution in [2.75, 3.05) is 46.4 Å². The maximum atomic E-state index is 5.55. The molecule has 6 nitrogen and oxygen atoms in total. The average Bonchev–Trinajstić information content (AvgIpc) is 3.13. The zero-order chi connectivity index (χ0) is 19.8. The van der Waals surface area contributed by atoms with Gasteiger partial charge in [0.25, 0.3) is 0 Å². The Balaban J connectivity index is 0.00000300. The maximum Gasteiger partial charge on any atom is 0.191 e. The van der Waals surface area contributed by atoms with E-state index in [0.29, 0.717) is 6.04 Å². The van der Waals surface area contributed by atoms with Crippen LogP contribution in [0.15, 0.2) is 34.6 Å². The largest absolute Gasteiger partial charge is 0.379 e. The molecule has 1 saturated heterocycles. The van der Waals surface area contributed by atoms with Crippen LogP contribution >= 0.6 is 35.3 Å². The number of nitrogens with zero attached hydrogens (tertiary/aromatic N) is 3. The second kappa shape index (κ2) is 12.5. The molecular formula is C21H32IN5OS. The normalized spacial score (nSPS) is 16.2. The van der Waals surface area contributed by atoms with E-state index in [1.54, 1.807) is 11.3 Å². The molecule has 1 aromatic carbocycles. The lowest BCUT2D eigenvalue weighted by molar-refractivity contribution is 0.0170. The summed E-state index contributed by atoms with van der Waals surface area (Å²) < 4.78 is 5.55. The fourth-order valence-corrected chi connectivity index (χ4v) is 4.12. The molecule has 160 valence electrons. The minimum Gasteiger partial charge on any atom is -0.379 e. The minimum absolute atomic E-state index is 0. The van der Waals surface area contributed by atoms with Crippen LogP contribution in [0.4, 0.5) is 0 Å². The number of ether oxygens (including phenoxy) is 1. The van der Waals surface area contributed by atoms with Gasteiger partial charge in [-0.2, -0.15) is 0 Å². The Morgan fingerprint density at radius 3 is 2.72 bits per heavy atom. The molecule has 0 amide bonds. The topological polar surface area (TPSA) is 61.8 Å². The molecule has 2 heterocycles. The van der Waals surface area contributed by atoms with Crippen LogP contribution in [0.1, 0.15) is 27.9 Å². The number of thiazole rings is 1. The second-order valence-electron chi connectivity index (χ2n) is 7.07. The average molecular weight is 529 g/mol. The molecule has 29 heavy (non-hydrogen) atoms. The first kappa shape index (κ1) is 24.0. The Bertz CT molecular complexity index is 776. The number of nitrogens with one attached hydrogen (secondary N) is 2. The van der Waals surface area contributed by atoms with Crippen LogP contribution < -0.4 is 10.6 Å². The predicted molar refractivity (Wildman–Crippen MR) is 132 cm³/mol. The molecule has 1 aromatic heterocycles. The molecule has 0 radical (unpaired) electrons. The first-order valence-electron chi connectivity index (χ1n) is 9.89. The van der Waals surface area contributed by atoms with E-state index in [0.717, 1.165) is 62.5 Å². The number of guanidine groups is 1. The van der Waals surface area contributed by atoms with Crippen molar-refractivity contribution in [2.24, 2.45) is 4.99 Å². The smallest absolute Gasteiger partial charge is 0.191 e. The fraction of sp³-hybridized carbons (Fsp3) is 0.524. The third-order valence-corrected chi connectivity index (χ3v) is 5.76. The monoisotopic (exact) mass is 529 g/mol. The van der Waals surface area contributed by atoms with Gasteiger partial charge in [-0.1, -0.05) is 29.8 Å². The molecule has 2 aromatic rings. The van der Waals surface area contributed by atoms with Gasteiger partial charge in [0.1, 0.15) is 0 Å². The van der Waals surface area contributed by atoms with Gasteiger partial charge in [0.2, 0.25) is 0 Å². The zero-order valence-corrected chi connectivity index (χ0v) is 20.6. The number of halogens is 1. The first-order chi connectivity index (χ1) is 13.7. The quantitative estimate of drug-likeness (QED) is 0.328. The Labute approximate surface area is 195 Å². The van der Waals surface area contributed by atoms with Gasteiger partial charge in [-0.25, -0.2) is 4.98 Å². The van der Waals surface area contributed by atoms with Gasteiger partial charge in [-0.15, -0.1) is 35.3 Å². The lowest BCUT2D eigenvalue weighted by Crippen LogP contribution is -2.46. The van der Waals surface area contributed by atoms with Crippen molar-refractivity contribution in [1.82, 2.24) is 20.5 Å². The maximum absolute atomic E-state index is 5.55. The van der Waals surface area contributed by atoms with E-state index in [1.165, 1.54) is 11.1 Å². The number of aromatic nitrogens is 1. The zero-order valence-electron chi connectivity index (χ0n) is 17.5. The summed E-state index contributed by atoms with van der Waals surface area (Å²) in [6.07, 6.45) is 0.899. The van der Waals surface area contributed by atoms with E-state index >= 15 is 0 Å². The van der Waals surface area contributed by atoms with Gasteiger partial charge in [0.15, 0.2) is 5.96 Å². The van der Waals surface area contributed by atoms with Crippen molar-refractivity contribution in [2.45, 2.75) is 26.3 Å². The van der Waals surface area contributed by atoms with Crippen LogP contribution in [-0.2, 0) is 11.2 Å². The molecule has 0 spiro atoms. The van der Waals surface area contributed by atoms with Gasteiger partial charge in [0, 0.05) is 45.0 Å². The molecule has 1 atom stereocenters. The van der Waals surface area contributed by atoms with E-state index in [1.807, 2.05) is 14.0 Å². The molecule has 8 heteroatoms. The summed E-state index contributed by atoms with van der Waals surface area (Å²) in [5, 5.41) is 10.2. The lowest BCUT2D eigenvalue weighted by Gasteiger charge is -2.35. The van der Waals surface area contributed by atoms with E-state index in [-0.39, 0.29) is 24.0 Å². The minimum atomic E-state index is 0. The third-order valence-electron chi connectivity index (χ3n) is 4.94. The number of aliphatic imine (C=N–C) groups is 1. The van der Waals surface area contributed by atoms with Crippen LogP contribution in [0, 0.1) is 13.8 Å². The molecule has 0 aliphatic carbocycles. The Hall–Kier alpha value is -1.23. The molecule has 1 unspecified atom stereocenters. The van der Waals surface area contributed by atoms with Crippen molar-refractivity contribution >= 4 is 41.3 Å². The van der Waals surface area contributed by atoms with Gasteiger partial charge in [-0.3, -0.25) is 9.89 Å². The van der Waals surface area contributed by atoms with Crippen LogP contribution in [-0.4, -0.2) is 62.3 Å². The molecule has 2 N–H and O–H groups in total. The Kier molecular flexibility index (Phi) is 10.3. The third kappa shape index (κ3) is 7.51. The summed E-state index contributed by atoms with van der Waals surface area (Å²) in [6, 6.07) is 9.08. The van der Waals surface area contributed by atoms with Crippen LogP contribution in [0.25, 0.3) is 0 Å². The number of aryl methyl sites for hydroxylation is 2. The highest BCUT2D eigenvalue weighted by Gasteiger charge is 2.23. The van der Waals surface area contributed by atoms with Crippen molar-refractivity contribution < 1.29 is 4.74 Å². The van der Waals surface area contributed by atoms with Crippen molar-refractivity contribution in [3.8, 4) is 0 Å². The van der Waals surface area contributed by atoms with Gasteiger partial charge < -0.3 is 15.4 Å². The fourth-order valence-electron chi connectivity index (χ4n) is 3.47. The summed E-state index contributed by atoms with van der Waals surface area (Å²) in [4.78, 5) is 11.4. The SMILES string of the molecule is CN=C(NCCc1csc(C)n1)NCC(c1cccc(C)c1)N1CCOCC1.I. The number of rotatable bonds is 7. The molecule has 0 bridgehead atoms. The van der Waals surface area contributed by atoms with Gasteiger partial charge >= 0.3 is 0 Å². The lowest BCUT2D eigenvalue weighted by atomic mass is 10.0. The molecule has 1 aliphatic heterocycles. The number of hydrogen-bond donors (Lipinski definition) is 2. The summed E-state index contributed by atoms with van der Waals surface area (Å²) >= 11 is 1.70. The summed E-state index contributed by atoms with van der Waals surface area (Å²) in [7, 11) is 1.82. The second-order valence-corrected chi connectivity index (χ2v) is 8.13. The summed E-state index contributed by atoms with van der Waals surface area (Å²) in [5.74, 6) is 0.831. The van der Waals surface area contributed by atoms with Crippen molar-refractivity contribution in [3.63, 3.8) is 0 Å². The van der Waals surface area contributed by atoms with Crippen LogP contribution in [0.3, 0.4) is 0 Å².